The standard InChI is InChI=1S/C22H25N7O/c1-23-21-13-25-22(14-24-21)26-20-12-18(27-28-20)17-5-4-16(11-19(17)30-3)10-15-6-8-29(2)9-7-15/h4-5,11-15H,6-10H2,2-3H3,(H2,25,26,27,28). The highest BCUT2D eigenvalue weighted by atomic mass is 16.5. The van der Waals surface area contributed by atoms with E-state index in [2.05, 4.69) is 60.5 Å². The normalized spacial score (nSPS) is 15.0. The maximum Gasteiger partial charge on any atom is 0.288 e. The first-order valence-corrected chi connectivity index (χ1v) is 10.0. The third kappa shape index (κ3) is 4.58. The summed E-state index contributed by atoms with van der Waals surface area (Å²) in [5.41, 5.74) is 3.11. The summed E-state index contributed by atoms with van der Waals surface area (Å²) in [6.45, 7) is 9.29. The molecular formula is C22H25N7O. The molecule has 0 bridgehead atoms. The van der Waals surface area contributed by atoms with Crippen LogP contribution in [0.15, 0.2) is 36.7 Å². The number of nitrogens with zero attached hydrogens (tertiary/aromatic N) is 5. The molecule has 0 amide bonds. The number of H-pyrrole nitrogens is 1. The largest absolute Gasteiger partial charge is 0.496 e. The van der Waals surface area contributed by atoms with Crippen LogP contribution < -0.4 is 10.1 Å². The highest BCUT2D eigenvalue weighted by molar-refractivity contribution is 5.71. The van der Waals surface area contributed by atoms with E-state index in [0.717, 1.165) is 29.3 Å². The minimum atomic E-state index is 0.258. The van der Waals surface area contributed by atoms with Crippen molar-refractivity contribution in [2.45, 2.75) is 19.3 Å². The van der Waals surface area contributed by atoms with Gasteiger partial charge in [0.2, 0.25) is 0 Å². The van der Waals surface area contributed by atoms with Crippen molar-refractivity contribution in [3.63, 3.8) is 0 Å². The first-order chi connectivity index (χ1) is 14.6. The molecule has 4 rings (SSSR count). The zero-order chi connectivity index (χ0) is 20.9. The molecule has 154 valence electrons. The van der Waals surface area contributed by atoms with Crippen LogP contribution in [0.4, 0.5) is 17.5 Å². The molecule has 0 spiro atoms. The van der Waals surface area contributed by atoms with Crippen LogP contribution in [0.1, 0.15) is 18.4 Å². The van der Waals surface area contributed by atoms with Gasteiger partial charge in [-0.15, -0.1) is 4.98 Å². The molecule has 0 atom stereocenters. The van der Waals surface area contributed by atoms with Gasteiger partial charge in [0, 0.05) is 11.6 Å². The Labute approximate surface area is 176 Å². The Kier molecular flexibility index (Phi) is 5.91. The van der Waals surface area contributed by atoms with E-state index in [9.17, 15) is 0 Å². The van der Waals surface area contributed by atoms with E-state index in [4.69, 9.17) is 11.3 Å². The van der Waals surface area contributed by atoms with Crippen molar-refractivity contribution >= 4 is 17.5 Å². The Morgan fingerprint density at radius 2 is 2.03 bits per heavy atom. The van der Waals surface area contributed by atoms with Crippen molar-refractivity contribution in [2.24, 2.45) is 5.92 Å². The van der Waals surface area contributed by atoms with Crippen molar-refractivity contribution in [2.75, 3.05) is 32.6 Å². The second kappa shape index (κ2) is 8.93. The van der Waals surface area contributed by atoms with Gasteiger partial charge in [-0.1, -0.05) is 12.6 Å². The van der Waals surface area contributed by atoms with Gasteiger partial charge in [0.05, 0.1) is 19.0 Å². The molecule has 1 aromatic carbocycles. The van der Waals surface area contributed by atoms with Crippen molar-refractivity contribution in [3.05, 3.63) is 53.6 Å². The van der Waals surface area contributed by atoms with Crippen LogP contribution in [0.3, 0.4) is 0 Å². The molecule has 1 fully saturated rings. The van der Waals surface area contributed by atoms with E-state index < -0.39 is 0 Å². The quantitative estimate of drug-likeness (QED) is 0.604. The fourth-order valence-electron chi connectivity index (χ4n) is 3.78. The Bertz CT molecular complexity index is 1030. The van der Waals surface area contributed by atoms with Gasteiger partial charge in [-0.2, -0.15) is 5.10 Å². The average molecular weight is 403 g/mol. The predicted molar refractivity (Wildman–Crippen MR) is 116 cm³/mol. The zero-order valence-corrected chi connectivity index (χ0v) is 17.2. The summed E-state index contributed by atoms with van der Waals surface area (Å²) in [4.78, 5) is 13.8. The van der Waals surface area contributed by atoms with Gasteiger partial charge in [-0.05, 0) is 63.0 Å². The molecule has 0 saturated carbocycles. The Hall–Kier alpha value is -3.44. The van der Waals surface area contributed by atoms with Crippen LogP contribution >= 0.6 is 0 Å². The maximum absolute atomic E-state index is 6.94. The van der Waals surface area contributed by atoms with E-state index in [-0.39, 0.29) is 5.82 Å². The lowest BCUT2D eigenvalue weighted by Crippen LogP contribution is -2.30. The molecule has 2 N–H and O–H groups in total. The molecule has 2 aromatic heterocycles. The molecule has 1 aliphatic rings. The molecule has 8 nitrogen and oxygen atoms in total. The zero-order valence-electron chi connectivity index (χ0n) is 17.2. The van der Waals surface area contributed by atoms with Crippen LogP contribution in [0.25, 0.3) is 16.1 Å². The summed E-state index contributed by atoms with van der Waals surface area (Å²) in [7, 11) is 3.89. The molecular weight excluding hydrogens is 378 g/mol. The number of aromatic amines is 1. The van der Waals surface area contributed by atoms with Gasteiger partial charge in [-0.25, -0.2) is 4.98 Å². The Balaban J connectivity index is 1.47. The van der Waals surface area contributed by atoms with Crippen LogP contribution in [0.2, 0.25) is 0 Å². The van der Waals surface area contributed by atoms with Gasteiger partial charge in [0.15, 0.2) is 17.8 Å². The third-order valence-corrected chi connectivity index (χ3v) is 5.51. The molecule has 0 unspecified atom stereocenters. The molecule has 0 aliphatic carbocycles. The fraction of sp³-hybridized carbons (Fsp3) is 0.364. The second-order valence-electron chi connectivity index (χ2n) is 7.65. The Morgan fingerprint density at radius 1 is 1.20 bits per heavy atom. The van der Waals surface area contributed by atoms with Gasteiger partial charge in [0.25, 0.3) is 5.82 Å². The minimum absolute atomic E-state index is 0.258. The van der Waals surface area contributed by atoms with Gasteiger partial charge in [-0.3, -0.25) is 5.10 Å². The molecule has 3 heterocycles. The van der Waals surface area contributed by atoms with Crippen LogP contribution in [0.5, 0.6) is 5.75 Å². The predicted octanol–water partition coefficient (Wildman–Crippen LogP) is 4.05. The van der Waals surface area contributed by atoms with Gasteiger partial charge in [0.1, 0.15) is 5.75 Å². The monoisotopic (exact) mass is 403 g/mol. The van der Waals surface area contributed by atoms with Crippen LogP contribution in [-0.4, -0.2) is 52.3 Å². The van der Waals surface area contributed by atoms with Crippen molar-refractivity contribution in [1.29, 1.82) is 0 Å². The maximum atomic E-state index is 6.94. The number of benzene rings is 1. The summed E-state index contributed by atoms with van der Waals surface area (Å²) >= 11 is 0. The SMILES string of the molecule is [C-]#[N+]c1cnc(Nc2cc(-c3ccc(CC4CCN(C)CC4)cc3OC)[nH]n2)cn1. The highest BCUT2D eigenvalue weighted by Crippen LogP contribution is 2.32. The number of methoxy groups -OCH3 is 1. The number of aromatic nitrogens is 4. The average Bonchev–Trinajstić information content (AvgIpc) is 3.24. The molecule has 3 aromatic rings. The number of hydrogen-bond acceptors (Lipinski definition) is 6. The number of piperidine rings is 1. The number of ether oxygens (including phenoxy) is 1. The lowest BCUT2D eigenvalue weighted by Gasteiger charge is -2.29. The smallest absolute Gasteiger partial charge is 0.288 e. The first kappa shape index (κ1) is 19.9. The van der Waals surface area contributed by atoms with Crippen molar-refractivity contribution < 1.29 is 4.74 Å². The number of anilines is 2. The second-order valence-corrected chi connectivity index (χ2v) is 7.65. The third-order valence-electron chi connectivity index (χ3n) is 5.51. The van der Waals surface area contributed by atoms with Crippen molar-refractivity contribution in [3.8, 4) is 17.0 Å². The highest BCUT2D eigenvalue weighted by Gasteiger charge is 2.18. The lowest BCUT2D eigenvalue weighted by atomic mass is 9.90. The van der Waals surface area contributed by atoms with Crippen molar-refractivity contribution in [1.82, 2.24) is 25.1 Å². The summed E-state index contributed by atoms with van der Waals surface area (Å²) in [6.07, 6.45) is 6.51. The molecule has 0 radical (unpaired) electrons. The molecule has 8 heteroatoms. The summed E-state index contributed by atoms with van der Waals surface area (Å²) in [6, 6.07) is 8.30. The van der Waals surface area contributed by atoms with E-state index in [0.29, 0.717) is 11.6 Å². The number of likely N-dealkylation sites (tertiary alicyclic amines) is 1. The van der Waals surface area contributed by atoms with Crippen LogP contribution in [-0.2, 0) is 6.42 Å². The summed E-state index contributed by atoms with van der Waals surface area (Å²) < 4.78 is 5.67. The topological polar surface area (TPSA) is 83.3 Å². The number of hydrogen-bond donors (Lipinski definition) is 2. The van der Waals surface area contributed by atoms with Gasteiger partial charge >= 0.3 is 0 Å². The first-order valence-electron chi connectivity index (χ1n) is 10.0. The lowest BCUT2D eigenvalue weighted by molar-refractivity contribution is 0.219. The summed E-state index contributed by atoms with van der Waals surface area (Å²) in [5.74, 6) is 2.97. The molecule has 1 saturated heterocycles. The fourth-order valence-corrected chi connectivity index (χ4v) is 3.78. The molecule has 30 heavy (non-hydrogen) atoms. The number of nitrogens with one attached hydrogen (secondary N) is 2. The van der Waals surface area contributed by atoms with Crippen LogP contribution in [0, 0.1) is 12.5 Å². The minimum Gasteiger partial charge on any atom is -0.496 e. The number of rotatable bonds is 6. The van der Waals surface area contributed by atoms with E-state index in [1.54, 1.807) is 7.11 Å². The van der Waals surface area contributed by atoms with E-state index >= 15 is 0 Å². The summed E-state index contributed by atoms with van der Waals surface area (Å²) in [5, 5.41) is 10.4. The van der Waals surface area contributed by atoms with E-state index in [1.165, 1.54) is 43.9 Å². The molecule has 1 aliphatic heterocycles. The van der Waals surface area contributed by atoms with E-state index in [1.807, 2.05) is 6.07 Å². The Morgan fingerprint density at radius 3 is 2.73 bits per heavy atom. The van der Waals surface area contributed by atoms with Gasteiger partial charge < -0.3 is 19.8 Å².